The van der Waals surface area contributed by atoms with Crippen LogP contribution in [0.4, 0.5) is 0 Å². The molecule has 0 saturated heterocycles. The quantitative estimate of drug-likeness (QED) is 0.540. The monoisotopic (exact) mass is 343 g/mol. The first-order valence-electron chi connectivity index (χ1n) is 7.90. The molecule has 0 radical (unpaired) electrons. The third kappa shape index (κ3) is 4.55. The summed E-state index contributed by atoms with van der Waals surface area (Å²) in [5, 5.41) is 0. The number of benzene rings is 2. The maximum absolute atomic E-state index is 12.8. The SMILES string of the molecule is CCCCN(C=CC(=O)c1ccccc1)S(=O)(=O)c1ccccc1. The van der Waals surface area contributed by atoms with Crippen molar-refractivity contribution in [3.8, 4) is 0 Å². The van der Waals surface area contributed by atoms with Gasteiger partial charge in [0.05, 0.1) is 4.90 Å². The van der Waals surface area contributed by atoms with Crippen molar-refractivity contribution in [3.05, 3.63) is 78.5 Å². The van der Waals surface area contributed by atoms with E-state index in [0.717, 1.165) is 12.8 Å². The van der Waals surface area contributed by atoms with E-state index in [2.05, 4.69) is 0 Å². The summed E-state index contributed by atoms with van der Waals surface area (Å²) in [7, 11) is -3.66. The number of unbranched alkanes of at least 4 members (excludes halogenated alkanes) is 1. The molecule has 0 bridgehead atoms. The van der Waals surface area contributed by atoms with Gasteiger partial charge in [0.1, 0.15) is 0 Å². The van der Waals surface area contributed by atoms with Crippen LogP contribution < -0.4 is 0 Å². The molecule has 5 heteroatoms. The second kappa shape index (κ2) is 8.45. The fourth-order valence-corrected chi connectivity index (χ4v) is 3.53. The predicted octanol–water partition coefficient (Wildman–Crippen LogP) is 3.87. The Hall–Kier alpha value is -2.40. The van der Waals surface area contributed by atoms with Gasteiger partial charge in [-0.15, -0.1) is 0 Å². The molecule has 0 aliphatic heterocycles. The van der Waals surface area contributed by atoms with Crippen molar-refractivity contribution < 1.29 is 13.2 Å². The van der Waals surface area contributed by atoms with Crippen LogP contribution in [0.2, 0.25) is 0 Å². The standard InChI is InChI=1S/C19H21NO3S/c1-2-3-15-20(24(22,23)18-12-8-5-9-13-18)16-14-19(21)17-10-6-4-7-11-17/h4-14,16H,2-3,15H2,1H3. The van der Waals surface area contributed by atoms with E-state index in [9.17, 15) is 13.2 Å². The average molecular weight is 343 g/mol. The smallest absolute Gasteiger partial charge is 0.263 e. The zero-order valence-electron chi connectivity index (χ0n) is 13.6. The van der Waals surface area contributed by atoms with Gasteiger partial charge >= 0.3 is 0 Å². The summed E-state index contributed by atoms with van der Waals surface area (Å²) in [6.07, 6.45) is 4.26. The number of hydrogen-bond acceptors (Lipinski definition) is 3. The lowest BCUT2D eigenvalue weighted by Crippen LogP contribution is -2.27. The molecule has 2 rings (SSSR count). The van der Waals surface area contributed by atoms with Gasteiger partial charge in [-0.05, 0) is 18.6 Å². The Labute approximate surface area is 143 Å². The number of allylic oxidation sites excluding steroid dienone is 1. The molecule has 0 atom stereocenters. The molecule has 0 aliphatic rings. The highest BCUT2D eigenvalue weighted by molar-refractivity contribution is 7.89. The average Bonchev–Trinajstić information content (AvgIpc) is 2.62. The number of rotatable bonds is 8. The van der Waals surface area contributed by atoms with E-state index < -0.39 is 10.0 Å². The summed E-state index contributed by atoms with van der Waals surface area (Å²) in [6, 6.07) is 17.0. The number of carbonyl (C=O) groups is 1. The second-order valence-corrected chi connectivity index (χ2v) is 7.22. The molecule has 2 aromatic rings. The van der Waals surface area contributed by atoms with Crippen molar-refractivity contribution in [1.29, 1.82) is 0 Å². The van der Waals surface area contributed by atoms with Gasteiger partial charge in [-0.1, -0.05) is 61.9 Å². The highest BCUT2D eigenvalue weighted by Crippen LogP contribution is 2.16. The lowest BCUT2D eigenvalue weighted by Gasteiger charge is -2.20. The molecular weight excluding hydrogens is 322 g/mol. The fraction of sp³-hybridized carbons (Fsp3) is 0.211. The molecule has 0 saturated carbocycles. The van der Waals surface area contributed by atoms with Crippen LogP contribution >= 0.6 is 0 Å². The minimum absolute atomic E-state index is 0.220. The van der Waals surface area contributed by atoms with Gasteiger partial charge in [0.2, 0.25) is 0 Å². The van der Waals surface area contributed by atoms with E-state index >= 15 is 0 Å². The largest absolute Gasteiger partial charge is 0.289 e. The topological polar surface area (TPSA) is 54.5 Å². The van der Waals surface area contributed by atoms with Crippen LogP contribution in [0.3, 0.4) is 0 Å². The van der Waals surface area contributed by atoms with E-state index in [4.69, 9.17) is 0 Å². The van der Waals surface area contributed by atoms with Gasteiger partial charge in [0.25, 0.3) is 10.0 Å². The Balaban J connectivity index is 2.25. The van der Waals surface area contributed by atoms with Crippen LogP contribution in [0.5, 0.6) is 0 Å². The molecule has 0 spiro atoms. The third-order valence-electron chi connectivity index (χ3n) is 3.53. The first-order valence-corrected chi connectivity index (χ1v) is 9.34. The first kappa shape index (κ1) is 17.9. The van der Waals surface area contributed by atoms with Gasteiger partial charge in [-0.25, -0.2) is 8.42 Å². The summed E-state index contributed by atoms with van der Waals surface area (Å²) in [6.45, 7) is 2.33. The molecule has 0 aliphatic carbocycles. The number of ketones is 1. The molecule has 126 valence electrons. The molecule has 0 fully saturated rings. The van der Waals surface area contributed by atoms with Crippen molar-refractivity contribution >= 4 is 15.8 Å². The molecule has 24 heavy (non-hydrogen) atoms. The Bertz CT molecular complexity index is 784. The minimum Gasteiger partial charge on any atom is -0.289 e. The Kier molecular flexibility index (Phi) is 6.32. The van der Waals surface area contributed by atoms with E-state index in [-0.39, 0.29) is 10.7 Å². The molecule has 0 heterocycles. The maximum atomic E-state index is 12.8. The number of sulfonamides is 1. The van der Waals surface area contributed by atoms with Crippen LogP contribution in [-0.4, -0.2) is 25.1 Å². The van der Waals surface area contributed by atoms with Crippen LogP contribution in [0.1, 0.15) is 30.1 Å². The Morgan fingerprint density at radius 2 is 1.58 bits per heavy atom. The van der Waals surface area contributed by atoms with Crippen molar-refractivity contribution in [1.82, 2.24) is 4.31 Å². The molecule has 2 aromatic carbocycles. The zero-order valence-corrected chi connectivity index (χ0v) is 14.4. The Morgan fingerprint density at radius 1 is 1.00 bits per heavy atom. The lowest BCUT2D eigenvalue weighted by atomic mass is 10.1. The second-order valence-electron chi connectivity index (χ2n) is 5.33. The summed E-state index contributed by atoms with van der Waals surface area (Å²) in [4.78, 5) is 12.4. The van der Waals surface area contributed by atoms with Crippen LogP contribution in [-0.2, 0) is 10.0 Å². The van der Waals surface area contributed by atoms with Crippen LogP contribution in [0, 0.1) is 0 Å². The van der Waals surface area contributed by atoms with Crippen molar-refractivity contribution in [3.63, 3.8) is 0 Å². The summed E-state index contributed by atoms with van der Waals surface area (Å²) in [5.74, 6) is -0.222. The van der Waals surface area contributed by atoms with Gasteiger partial charge in [-0.3, -0.25) is 9.10 Å². The third-order valence-corrected chi connectivity index (χ3v) is 5.32. The molecule has 0 amide bonds. The van der Waals surface area contributed by atoms with Gasteiger partial charge in [0, 0.05) is 24.4 Å². The summed E-state index contributed by atoms with van der Waals surface area (Å²) < 4.78 is 26.7. The minimum atomic E-state index is -3.66. The normalized spacial score (nSPS) is 11.5. The first-order chi connectivity index (χ1) is 11.6. The van der Waals surface area contributed by atoms with E-state index in [1.807, 2.05) is 13.0 Å². The molecule has 0 N–H and O–H groups in total. The van der Waals surface area contributed by atoms with E-state index in [1.165, 1.54) is 16.6 Å². The van der Waals surface area contributed by atoms with Crippen LogP contribution in [0.15, 0.2) is 77.8 Å². The molecular formula is C19H21NO3S. The van der Waals surface area contributed by atoms with E-state index in [1.54, 1.807) is 54.6 Å². The van der Waals surface area contributed by atoms with Gasteiger partial charge in [-0.2, -0.15) is 0 Å². The lowest BCUT2D eigenvalue weighted by molar-refractivity contribution is 0.104. The Morgan fingerprint density at radius 3 is 2.17 bits per heavy atom. The maximum Gasteiger partial charge on any atom is 0.263 e. The number of carbonyl (C=O) groups excluding carboxylic acids is 1. The highest BCUT2D eigenvalue weighted by Gasteiger charge is 2.20. The fourth-order valence-electron chi connectivity index (χ4n) is 2.17. The molecule has 0 unspecified atom stereocenters. The summed E-state index contributed by atoms with van der Waals surface area (Å²) in [5.41, 5.74) is 0.529. The predicted molar refractivity (Wildman–Crippen MR) is 95.2 cm³/mol. The molecule has 0 aromatic heterocycles. The van der Waals surface area contributed by atoms with Crippen molar-refractivity contribution in [2.75, 3.05) is 6.54 Å². The van der Waals surface area contributed by atoms with Crippen molar-refractivity contribution in [2.45, 2.75) is 24.7 Å². The van der Waals surface area contributed by atoms with Crippen LogP contribution in [0.25, 0.3) is 0 Å². The van der Waals surface area contributed by atoms with Gasteiger partial charge < -0.3 is 0 Å². The number of nitrogens with zero attached hydrogens (tertiary/aromatic N) is 1. The van der Waals surface area contributed by atoms with Crippen molar-refractivity contribution in [2.24, 2.45) is 0 Å². The highest BCUT2D eigenvalue weighted by atomic mass is 32.2. The zero-order chi connectivity index (χ0) is 17.4. The number of hydrogen-bond donors (Lipinski definition) is 0. The van der Waals surface area contributed by atoms with Gasteiger partial charge in [0.15, 0.2) is 5.78 Å². The molecule has 4 nitrogen and oxygen atoms in total. The van der Waals surface area contributed by atoms with E-state index in [0.29, 0.717) is 12.1 Å². The summed E-state index contributed by atoms with van der Waals surface area (Å²) >= 11 is 0.